The van der Waals surface area contributed by atoms with Crippen molar-refractivity contribution in [2.75, 3.05) is 14.1 Å². The van der Waals surface area contributed by atoms with Gasteiger partial charge >= 0.3 is 12.0 Å². The Kier molecular flexibility index (Phi) is 5.33. The normalized spacial score (nSPS) is 18.9. The van der Waals surface area contributed by atoms with Crippen molar-refractivity contribution in [2.24, 2.45) is 10.1 Å². The van der Waals surface area contributed by atoms with Crippen LogP contribution in [0.1, 0.15) is 11.1 Å². The van der Waals surface area contributed by atoms with E-state index in [0.717, 1.165) is 16.0 Å². The van der Waals surface area contributed by atoms with Gasteiger partial charge in [0.1, 0.15) is 0 Å². The minimum absolute atomic E-state index is 0.345. The number of carbonyl (C=O) groups is 2. The zero-order valence-electron chi connectivity index (χ0n) is 16.5. The Morgan fingerprint density at radius 2 is 1.90 bits per heavy atom. The lowest BCUT2D eigenvalue weighted by Gasteiger charge is -2.31. The molecule has 0 aliphatic carbocycles. The lowest BCUT2D eigenvalue weighted by Crippen LogP contribution is -2.61. The Bertz CT molecular complexity index is 1100. The molecule has 1 saturated heterocycles. The number of amidine groups is 1. The Balaban J connectivity index is 1.69. The maximum Gasteiger partial charge on any atom is 0.414 e. The Labute approximate surface area is 178 Å². The third kappa shape index (κ3) is 3.69. The number of amides is 3. The van der Waals surface area contributed by atoms with Gasteiger partial charge in [0.15, 0.2) is 0 Å². The molecular formula is C21H20ClN6O2+. The van der Waals surface area contributed by atoms with Gasteiger partial charge in [-0.3, -0.25) is 14.6 Å². The van der Waals surface area contributed by atoms with Crippen LogP contribution in [0.3, 0.4) is 0 Å². The summed E-state index contributed by atoms with van der Waals surface area (Å²) in [5.74, 6) is 0.399. The van der Waals surface area contributed by atoms with Gasteiger partial charge in [0, 0.05) is 19.1 Å². The van der Waals surface area contributed by atoms with E-state index in [1.54, 1.807) is 23.9 Å². The third-order valence-electron chi connectivity index (χ3n) is 4.95. The molecule has 0 spiro atoms. The van der Waals surface area contributed by atoms with Gasteiger partial charge < -0.3 is 0 Å². The molecule has 2 aliphatic heterocycles. The topological polar surface area (TPSA) is 80.4 Å². The van der Waals surface area contributed by atoms with E-state index in [0.29, 0.717) is 23.4 Å². The standard InChI is InChI=1S/C21H19ClN6O2/c1-26-18-17(19(29)27(2)21(26)30)28(13-15-9-6-10-16(22)11-15)20(24-18)25-23-12-14-7-4-3-5-8-14/h3-12,17H,13H2,1-2H3/p+1/b23-12+. The molecule has 3 amide bonds. The maximum absolute atomic E-state index is 12.9. The minimum atomic E-state index is -0.730. The Morgan fingerprint density at radius 1 is 1.13 bits per heavy atom. The van der Waals surface area contributed by atoms with Gasteiger partial charge in [-0.15, -0.1) is 5.10 Å². The zero-order valence-corrected chi connectivity index (χ0v) is 17.2. The number of fused-ring (bicyclic) bond motifs is 1. The van der Waals surface area contributed by atoms with Gasteiger partial charge in [0.05, 0.1) is 12.8 Å². The van der Waals surface area contributed by atoms with E-state index in [-0.39, 0.29) is 5.91 Å². The fourth-order valence-corrected chi connectivity index (χ4v) is 3.60. The van der Waals surface area contributed by atoms with E-state index < -0.39 is 12.1 Å². The van der Waals surface area contributed by atoms with Gasteiger partial charge in [0.25, 0.3) is 5.91 Å². The number of aliphatic imine (C=N–C) groups is 1. The van der Waals surface area contributed by atoms with Crippen molar-refractivity contribution in [3.8, 4) is 0 Å². The van der Waals surface area contributed by atoms with Crippen LogP contribution < -0.4 is 5.43 Å². The quantitative estimate of drug-likeness (QED) is 0.465. The molecule has 2 aromatic carbocycles. The van der Waals surface area contributed by atoms with E-state index in [1.807, 2.05) is 48.5 Å². The van der Waals surface area contributed by atoms with Crippen molar-refractivity contribution in [1.29, 1.82) is 0 Å². The van der Waals surface area contributed by atoms with Gasteiger partial charge in [-0.25, -0.2) is 9.37 Å². The molecule has 0 aromatic heterocycles. The molecule has 2 aromatic rings. The number of imide groups is 1. The van der Waals surface area contributed by atoms with Crippen molar-refractivity contribution in [2.45, 2.75) is 12.6 Å². The third-order valence-corrected chi connectivity index (χ3v) is 5.19. The number of likely N-dealkylation sites (N-methyl/N-ethyl adjacent to an activating group) is 2. The first kappa shape index (κ1) is 19.8. The van der Waals surface area contributed by atoms with Crippen LogP contribution in [-0.2, 0) is 11.3 Å². The second kappa shape index (κ2) is 8.08. The van der Waals surface area contributed by atoms with E-state index >= 15 is 0 Å². The van der Waals surface area contributed by atoms with Crippen LogP contribution >= 0.6 is 11.6 Å². The minimum Gasteiger partial charge on any atom is -0.270 e. The van der Waals surface area contributed by atoms with E-state index in [1.165, 1.54) is 11.9 Å². The van der Waals surface area contributed by atoms with Crippen LogP contribution in [0.4, 0.5) is 4.79 Å². The Morgan fingerprint density at radius 3 is 2.63 bits per heavy atom. The molecular weight excluding hydrogens is 404 g/mol. The largest absolute Gasteiger partial charge is 0.414 e. The van der Waals surface area contributed by atoms with Crippen molar-refractivity contribution in [3.63, 3.8) is 0 Å². The summed E-state index contributed by atoms with van der Waals surface area (Å²) in [6.45, 7) is 0.364. The number of halogens is 1. The molecule has 9 heteroatoms. The summed E-state index contributed by atoms with van der Waals surface area (Å²) in [6.07, 6.45) is 1.66. The summed E-state index contributed by atoms with van der Waals surface area (Å²) in [5, 5.41) is 4.86. The number of urea groups is 1. The number of hydrogen-bond acceptors (Lipinski definition) is 5. The first-order chi connectivity index (χ1) is 14.5. The highest BCUT2D eigenvalue weighted by molar-refractivity contribution is 6.30. The molecule has 8 nitrogen and oxygen atoms in total. The molecule has 0 saturated carbocycles. The first-order valence-electron chi connectivity index (χ1n) is 9.31. The molecule has 1 unspecified atom stereocenters. The number of guanidine groups is 1. The van der Waals surface area contributed by atoms with Gasteiger partial charge in [-0.05, 0) is 23.3 Å². The number of carbonyl (C=O) groups excluding carboxylic acids is 2. The Hall–Kier alpha value is -3.52. The summed E-state index contributed by atoms with van der Waals surface area (Å²) >= 11 is 6.13. The second-order valence-electron chi connectivity index (χ2n) is 6.97. The summed E-state index contributed by atoms with van der Waals surface area (Å²) in [7, 11) is 3.07. The zero-order chi connectivity index (χ0) is 21.3. The lowest BCUT2D eigenvalue weighted by molar-refractivity contribution is -0.553. The highest BCUT2D eigenvalue weighted by atomic mass is 35.5. The highest BCUT2D eigenvalue weighted by Gasteiger charge is 2.51. The van der Waals surface area contributed by atoms with Crippen molar-refractivity contribution >= 4 is 41.5 Å². The van der Waals surface area contributed by atoms with Gasteiger partial charge in [0.2, 0.25) is 11.9 Å². The molecule has 2 heterocycles. The molecule has 152 valence electrons. The maximum atomic E-state index is 12.9. The van der Waals surface area contributed by atoms with Crippen molar-refractivity contribution in [1.82, 2.24) is 15.2 Å². The molecule has 30 heavy (non-hydrogen) atoms. The van der Waals surface area contributed by atoms with Crippen LogP contribution in [0.2, 0.25) is 5.02 Å². The highest BCUT2D eigenvalue weighted by Crippen LogP contribution is 2.21. The smallest absolute Gasteiger partial charge is 0.270 e. The van der Waals surface area contributed by atoms with E-state index in [2.05, 4.69) is 15.5 Å². The summed E-state index contributed by atoms with van der Waals surface area (Å²) in [4.78, 5) is 32.3. The average molecular weight is 424 g/mol. The fraction of sp³-hybridized carbons (Fsp3) is 0.190. The number of hydrazone groups is 1. The molecule has 1 N–H and O–H groups in total. The first-order valence-corrected chi connectivity index (χ1v) is 9.69. The van der Waals surface area contributed by atoms with Crippen molar-refractivity contribution < 1.29 is 14.2 Å². The molecule has 0 bridgehead atoms. The van der Waals surface area contributed by atoms with Gasteiger partial charge in [-0.1, -0.05) is 59.1 Å². The van der Waals surface area contributed by atoms with Crippen LogP contribution in [-0.4, -0.2) is 64.5 Å². The molecule has 4 rings (SSSR count). The summed E-state index contributed by atoms with van der Waals surface area (Å²) in [5.41, 5.74) is 4.74. The van der Waals surface area contributed by atoms with E-state index in [9.17, 15) is 9.59 Å². The number of nitrogens with one attached hydrogen (secondary N) is 1. The number of benzene rings is 2. The second-order valence-corrected chi connectivity index (χ2v) is 7.41. The van der Waals surface area contributed by atoms with Crippen LogP contribution in [0, 0.1) is 0 Å². The summed E-state index contributed by atoms with van der Waals surface area (Å²) in [6, 6.07) is 15.8. The van der Waals surface area contributed by atoms with Crippen LogP contribution in [0.25, 0.3) is 0 Å². The van der Waals surface area contributed by atoms with Gasteiger partial charge in [-0.2, -0.15) is 5.43 Å². The number of hydrogen-bond donors (Lipinski definition) is 1. The number of nitrogens with zero attached hydrogens (tertiary/aromatic N) is 5. The predicted octanol–water partition coefficient (Wildman–Crippen LogP) is 2.14. The van der Waals surface area contributed by atoms with Crippen LogP contribution in [0.15, 0.2) is 64.7 Å². The number of rotatable bonds is 4. The predicted molar refractivity (Wildman–Crippen MR) is 115 cm³/mol. The SMILES string of the molecule is CN1C(=O)C2C(=NC(N/N=C/c3ccccc3)=[N+]2Cc2cccc(Cl)c2)N(C)C1=O. The average Bonchev–Trinajstić information content (AvgIpc) is 3.10. The van der Waals surface area contributed by atoms with Crippen LogP contribution in [0.5, 0.6) is 0 Å². The molecule has 1 fully saturated rings. The van der Waals surface area contributed by atoms with Crippen molar-refractivity contribution in [3.05, 3.63) is 70.7 Å². The monoisotopic (exact) mass is 423 g/mol. The molecule has 1 atom stereocenters. The molecule has 0 radical (unpaired) electrons. The fourth-order valence-electron chi connectivity index (χ4n) is 3.39. The molecule has 2 aliphatic rings. The lowest BCUT2D eigenvalue weighted by atomic mass is 10.1. The van der Waals surface area contributed by atoms with E-state index in [4.69, 9.17) is 11.6 Å². The summed E-state index contributed by atoms with van der Waals surface area (Å²) < 4.78 is 1.78.